The van der Waals surface area contributed by atoms with Gasteiger partial charge < -0.3 is 9.52 Å². The van der Waals surface area contributed by atoms with Gasteiger partial charge in [-0.3, -0.25) is 4.90 Å². The summed E-state index contributed by atoms with van der Waals surface area (Å²) in [5.41, 5.74) is 0.500. The van der Waals surface area contributed by atoms with Crippen molar-refractivity contribution < 1.29 is 22.7 Å². The normalized spacial score (nSPS) is 16.9. The number of piperidine rings is 1. The Labute approximate surface area is 159 Å². The maximum absolute atomic E-state index is 12.7. The lowest BCUT2D eigenvalue weighted by atomic mass is 10.1. The number of likely N-dealkylation sites (tertiary alicyclic amines) is 1. The maximum atomic E-state index is 12.7. The molecule has 1 unspecified atom stereocenters. The van der Waals surface area contributed by atoms with E-state index in [0.717, 1.165) is 31.7 Å². The molecule has 1 aromatic heterocycles. The van der Waals surface area contributed by atoms with E-state index >= 15 is 0 Å². The van der Waals surface area contributed by atoms with Gasteiger partial charge in [0, 0.05) is 6.54 Å². The van der Waals surface area contributed by atoms with Crippen LogP contribution in [0.15, 0.2) is 45.9 Å². The zero-order valence-corrected chi connectivity index (χ0v) is 16.0. The highest BCUT2D eigenvalue weighted by Gasteiger charge is 2.27. The number of rotatable bonds is 7. The fourth-order valence-corrected chi connectivity index (χ4v) is 4.46. The second-order valence-corrected chi connectivity index (χ2v) is 8.53. The molecule has 7 nitrogen and oxygen atoms in total. The SMILES string of the molecule is Cc1ccc(S(=O)(=O)NCC(c2ccco2)N2CCCCC2)cc1C(=O)O. The van der Waals surface area contributed by atoms with E-state index in [2.05, 4.69) is 9.62 Å². The highest BCUT2D eigenvalue weighted by molar-refractivity contribution is 7.89. The van der Waals surface area contributed by atoms with Gasteiger partial charge in [0.15, 0.2) is 0 Å². The third kappa shape index (κ3) is 4.58. The molecule has 1 saturated heterocycles. The number of carbonyl (C=O) groups is 1. The number of hydrogen-bond acceptors (Lipinski definition) is 5. The molecular weight excluding hydrogens is 368 g/mol. The number of benzene rings is 1. The van der Waals surface area contributed by atoms with Crippen molar-refractivity contribution in [3.63, 3.8) is 0 Å². The molecule has 1 fully saturated rings. The van der Waals surface area contributed by atoms with Crippen LogP contribution in [0.2, 0.25) is 0 Å². The van der Waals surface area contributed by atoms with Gasteiger partial charge in [-0.25, -0.2) is 17.9 Å². The standard InChI is InChI=1S/C19H24N2O5S/c1-14-7-8-15(12-16(14)19(22)23)27(24,25)20-13-17(18-6-5-11-26-18)21-9-3-2-4-10-21/h5-8,11-12,17,20H,2-4,9-10,13H2,1H3,(H,22,23). The van der Waals surface area contributed by atoms with Crippen LogP contribution in [0.3, 0.4) is 0 Å². The van der Waals surface area contributed by atoms with Crippen LogP contribution in [0.25, 0.3) is 0 Å². The molecule has 8 heteroatoms. The van der Waals surface area contributed by atoms with E-state index in [1.54, 1.807) is 19.3 Å². The van der Waals surface area contributed by atoms with Crippen molar-refractivity contribution in [1.29, 1.82) is 0 Å². The number of hydrogen-bond donors (Lipinski definition) is 2. The van der Waals surface area contributed by atoms with Crippen LogP contribution in [0.1, 0.15) is 47.0 Å². The number of nitrogens with zero attached hydrogens (tertiary/aromatic N) is 1. The lowest BCUT2D eigenvalue weighted by Gasteiger charge is -2.33. The van der Waals surface area contributed by atoms with Gasteiger partial charge in [-0.2, -0.15) is 0 Å². The smallest absolute Gasteiger partial charge is 0.335 e. The van der Waals surface area contributed by atoms with Crippen LogP contribution in [0.5, 0.6) is 0 Å². The number of sulfonamides is 1. The van der Waals surface area contributed by atoms with Crippen molar-refractivity contribution in [3.8, 4) is 0 Å². The molecule has 1 atom stereocenters. The summed E-state index contributed by atoms with van der Waals surface area (Å²) in [5, 5.41) is 9.23. The van der Waals surface area contributed by atoms with Gasteiger partial charge in [0.05, 0.1) is 22.8 Å². The molecule has 1 aromatic carbocycles. The minimum absolute atomic E-state index is 0.0171. The Kier molecular flexibility index (Phi) is 5.98. The average molecular weight is 392 g/mol. The van der Waals surface area contributed by atoms with Crippen LogP contribution in [0.4, 0.5) is 0 Å². The van der Waals surface area contributed by atoms with Crippen LogP contribution in [0, 0.1) is 6.92 Å². The fourth-order valence-electron chi connectivity index (χ4n) is 3.39. The van der Waals surface area contributed by atoms with Gasteiger partial charge in [-0.1, -0.05) is 12.5 Å². The third-order valence-electron chi connectivity index (χ3n) is 4.92. The Balaban J connectivity index is 1.80. The summed E-state index contributed by atoms with van der Waals surface area (Å²) < 4.78 is 33.6. The van der Waals surface area contributed by atoms with Crippen LogP contribution in [-0.2, 0) is 10.0 Å². The molecule has 1 aliphatic heterocycles. The molecule has 2 N–H and O–H groups in total. The molecule has 0 saturated carbocycles. The van der Waals surface area contributed by atoms with E-state index in [1.165, 1.54) is 24.6 Å². The number of aryl methyl sites for hydroxylation is 1. The molecule has 0 amide bonds. The van der Waals surface area contributed by atoms with Gasteiger partial charge >= 0.3 is 5.97 Å². The van der Waals surface area contributed by atoms with Gasteiger partial charge in [-0.15, -0.1) is 0 Å². The van der Waals surface area contributed by atoms with Crippen LogP contribution >= 0.6 is 0 Å². The molecule has 0 spiro atoms. The van der Waals surface area contributed by atoms with Gasteiger partial charge in [-0.05, 0) is 62.7 Å². The van der Waals surface area contributed by atoms with E-state index in [4.69, 9.17) is 4.42 Å². The summed E-state index contributed by atoms with van der Waals surface area (Å²) in [6.07, 6.45) is 4.90. The highest BCUT2D eigenvalue weighted by Crippen LogP contribution is 2.25. The number of nitrogens with one attached hydrogen (secondary N) is 1. The van der Waals surface area contributed by atoms with Crippen molar-refractivity contribution >= 4 is 16.0 Å². The second-order valence-electron chi connectivity index (χ2n) is 6.76. The largest absolute Gasteiger partial charge is 0.478 e. The first-order valence-electron chi connectivity index (χ1n) is 8.99. The van der Waals surface area contributed by atoms with Crippen molar-refractivity contribution in [2.75, 3.05) is 19.6 Å². The first kappa shape index (κ1) is 19.6. The van der Waals surface area contributed by atoms with Crippen molar-refractivity contribution in [2.24, 2.45) is 0 Å². The molecule has 146 valence electrons. The minimum atomic E-state index is -3.84. The molecule has 3 rings (SSSR count). The maximum Gasteiger partial charge on any atom is 0.335 e. The monoisotopic (exact) mass is 392 g/mol. The summed E-state index contributed by atoms with van der Waals surface area (Å²) >= 11 is 0. The number of furan rings is 1. The molecular formula is C19H24N2O5S. The predicted octanol–water partition coefficient (Wildman–Crippen LogP) is 2.79. The Bertz CT molecular complexity index is 887. The van der Waals surface area contributed by atoms with Gasteiger partial charge in [0.1, 0.15) is 5.76 Å². The summed E-state index contributed by atoms with van der Waals surface area (Å²) in [6, 6.07) is 7.57. The lowest BCUT2D eigenvalue weighted by molar-refractivity contribution is 0.0696. The average Bonchev–Trinajstić information content (AvgIpc) is 3.17. The molecule has 1 aliphatic rings. The zero-order valence-electron chi connectivity index (χ0n) is 15.2. The molecule has 0 radical (unpaired) electrons. The van der Waals surface area contributed by atoms with E-state index < -0.39 is 16.0 Å². The Morgan fingerprint density at radius 2 is 2.00 bits per heavy atom. The Hall–Kier alpha value is -2.16. The van der Waals surface area contributed by atoms with Crippen molar-refractivity contribution in [1.82, 2.24) is 9.62 Å². The zero-order chi connectivity index (χ0) is 19.4. The lowest BCUT2D eigenvalue weighted by Crippen LogP contribution is -2.40. The quantitative estimate of drug-likeness (QED) is 0.752. The minimum Gasteiger partial charge on any atom is -0.478 e. The number of carboxylic acid groups (broad SMARTS) is 1. The first-order chi connectivity index (χ1) is 12.9. The van der Waals surface area contributed by atoms with Crippen LogP contribution in [-0.4, -0.2) is 44.0 Å². The molecule has 2 aromatic rings. The van der Waals surface area contributed by atoms with Crippen molar-refractivity contribution in [3.05, 3.63) is 53.5 Å². The molecule has 0 aliphatic carbocycles. The second kappa shape index (κ2) is 8.24. The first-order valence-corrected chi connectivity index (χ1v) is 10.5. The molecule has 0 bridgehead atoms. The molecule has 27 heavy (non-hydrogen) atoms. The Morgan fingerprint density at radius 1 is 1.26 bits per heavy atom. The van der Waals surface area contributed by atoms with E-state index in [0.29, 0.717) is 5.56 Å². The van der Waals surface area contributed by atoms with E-state index in [1.807, 2.05) is 6.07 Å². The summed E-state index contributed by atoms with van der Waals surface area (Å²) in [5.74, 6) is -0.430. The van der Waals surface area contributed by atoms with Gasteiger partial charge in [0.25, 0.3) is 0 Å². The number of carboxylic acids is 1. The summed E-state index contributed by atoms with van der Waals surface area (Å²) in [4.78, 5) is 13.5. The molecule has 2 heterocycles. The summed E-state index contributed by atoms with van der Waals surface area (Å²) in [6.45, 7) is 3.57. The summed E-state index contributed by atoms with van der Waals surface area (Å²) in [7, 11) is -3.84. The predicted molar refractivity (Wildman–Crippen MR) is 100 cm³/mol. The van der Waals surface area contributed by atoms with Crippen molar-refractivity contribution in [2.45, 2.75) is 37.1 Å². The Morgan fingerprint density at radius 3 is 2.63 bits per heavy atom. The number of aromatic carboxylic acids is 1. The van der Waals surface area contributed by atoms with E-state index in [9.17, 15) is 18.3 Å². The van der Waals surface area contributed by atoms with E-state index in [-0.39, 0.29) is 23.0 Å². The highest BCUT2D eigenvalue weighted by atomic mass is 32.2. The van der Waals surface area contributed by atoms with Crippen LogP contribution < -0.4 is 4.72 Å². The van der Waals surface area contributed by atoms with Gasteiger partial charge in [0.2, 0.25) is 10.0 Å². The topological polar surface area (TPSA) is 99.9 Å². The third-order valence-corrected chi connectivity index (χ3v) is 6.34. The fraction of sp³-hybridized carbons (Fsp3) is 0.421.